The second-order valence-electron chi connectivity index (χ2n) is 12.5. The van der Waals surface area contributed by atoms with Gasteiger partial charge in [-0.2, -0.15) is 28.6 Å². The third kappa shape index (κ3) is 16.3. The van der Waals surface area contributed by atoms with Gasteiger partial charge in [-0.05, 0) is 44.7 Å². The predicted octanol–water partition coefficient (Wildman–Crippen LogP) is -1.66. The number of carbonyl (C=O) groups excluding carboxylic acids is 3. The Morgan fingerprint density at radius 1 is 0.778 bits per heavy atom. The molecule has 0 aliphatic heterocycles. The number of hydrogen-bond acceptors (Lipinski definition) is 16. The molecule has 54 heavy (non-hydrogen) atoms. The molecule has 0 fully saturated rings. The minimum absolute atomic E-state index is 0.0249. The van der Waals surface area contributed by atoms with E-state index < -0.39 is 87.1 Å². The summed E-state index contributed by atoms with van der Waals surface area (Å²) in [5.74, 6) is -4.30. The van der Waals surface area contributed by atoms with Gasteiger partial charge in [0.25, 0.3) is 0 Å². The molecular weight excluding hydrogens is 781 g/mol. The number of nitrogens with zero attached hydrogens (tertiary/aromatic N) is 6. The standard InChI is InChI=1S/C28H48N10O13S3/c1-16(22-13-37(35-33-22)7-9-50-53(44,45)46)11-20(29-5)26(40)30-19(4)25(39)31-21(27(41)32-24(28(42)43)18(3)15-52-6)12-17(2)23-14-38(36-34-23)8-10-51-54(47,48)49/h13-14,16-21,24,29H,7-12,15H2,1-6H3,(H,30,40)(H,31,39)(H,32,41)(H,42,43)(H,44,45,46)(H,47,48,49)/t16?,17?,18?,19-,20-,21-,24-/m0/s1. The van der Waals surface area contributed by atoms with E-state index in [1.807, 2.05) is 0 Å². The molecule has 2 rings (SSSR count). The van der Waals surface area contributed by atoms with Crippen LogP contribution in [-0.2, 0) is 61.4 Å². The Morgan fingerprint density at radius 2 is 1.24 bits per heavy atom. The van der Waals surface area contributed by atoms with E-state index in [-0.39, 0.29) is 38.5 Å². The van der Waals surface area contributed by atoms with Gasteiger partial charge < -0.3 is 26.4 Å². The molecule has 0 saturated carbocycles. The summed E-state index contributed by atoms with van der Waals surface area (Å²) in [7, 11) is -7.73. The molecule has 3 amide bonds. The highest BCUT2D eigenvalue weighted by molar-refractivity contribution is 7.98. The number of carboxylic acids is 1. The lowest BCUT2D eigenvalue weighted by atomic mass is 9.96. The van der Waals surface area contributed by atoms with Crippen molar-refractivity contribution in [3.05, 3.63) is 23.8 Å². The van der Waals surface area contributed by atoms with Crippen molar-refractivity contribution in [3.63, 3.8) is 0 Å². The quantitative estimate of drug-likeness (QED) is 0.0551. The number of thioether (sulfide) groups is 1. The van der Waals surface area contributed by atoms with Gasteiger partial charge in [0.15, 0.2) is 0 Å². The molecule has 3 unspecified atom stereocenters. The summed E-state index contributed by atoms with van der Waals surface area (Å²) < 4.78 is 71.8. The topological polar surface area (TPSA) is 325 Å². The van der Waals surface area contributed by atoms with Crippen LogP contribution in [-0.4, -0.2) is 141 Å². The average molecular weight is 829 g/mol. The number of likely N-dealkylation sites (N-methyl/N-ethyl adjacent to an activating group) is 1. The van der Waals surface area contributed by atoms with Crippen molar-refractivity contribution in [2.75, 3.05) is 32.3 Å². The molecule has 0 bridgehead atoms. The molecule has 0 saturated heterocycles. The molecule has 7 N–H and O–H groups in total. The maximum absolute atomic E-state index is 13.6. The number of carbonyl (C=O) groups is 4. The van der Waals surface area contributed by atoms with Crippen LogP contribution in [0.3, 0.4) is 0 Å². The fourth-order valence-corrected chi connectivity index (χ4v) is 6.33. The van der Waals surface area contributed by atoms with E-state index >= 15 is 0 Å². The van der Waals surface area contributed by atoms with Crippen LogP contribution in [0.15, 0.2) is 12.4 Å². The van der Waals surface area contributed by atoms with Gasteiger partial charge >= 0.3 is 26.8 Å². The second kappa shape index (κ2) is 21.3. The fourth-order valence-electron chi connectivity index (χ4n) is 5.04. The number of rotatable bonds is 25. The number of aliphatic carboxylic acids is 1. The molecule has 0 aliphatic rings. The van der Waals surface area contributed by atoms with E-state index in [0.29, 0.717) is 17.1 Å². The molecule has 306 valence electrons. The lowest BCUT2D eigenvalue weighted by Gasteiger charge is -2.27. The summed E-state index contributed by atoms with van der Waals surface area (Å²) in [6, 6.07) is -4.55. The number of nitrogens with one attached hydrogen (secondary N) is 4. The van der Waals surface area contributed by atoms with E-state index in [0.717, 1.165) is 0 Å². The van der Waals surface area contributed by atoms with Crippen molar-refractivity contribution in [2.24, 2.45) is 5.92 Å². The largest absolute Gasteiger partial charge is 0.480 e. The van der Waals surface area contributed by atoms with Crippen molar-refractivity contribution in [2.45, 2.75) is 89.6 Å². The summed E-state index contributed by atoms with van der Waals surface area (Å²) in [6.45, 7) is 5.59. The number of amides is 3. The van der Waals surface area contributed by atoms with E-state index in [1.54, 1.807) is 34.1 Å². The Kier molecular flexibility index (Phi) is 18.3. The lowest BCUT2D eigenvalue weighted by Crippen LogP contribution is -2.57. The van der Waals surface area contributed by atoms with Gasteiger partial charge in [0.05, 0.1) is 43.7 Å². The van der Waals surface area contributed by atoms with Crippen LogP contribution in [0, 0.1) is 5.92 Å². The van der Waals surface area contributed by atoms with Crippen molar-refractivity contribution in [1.29, 1.82) is 0 Å². The lowest BCUT2D eigenvalue weighted by molar-refractivity contribution is -0.143. The normalized spacial score (nSPS) is 16.0. The van der Waals surface area contributed by atoms with Crippen molar-refractivity contribution >= 4 is 56.3 Å². The summed E-state index contributed by atoms with van der Waals surface area (Å²) in [6.07, 6.45) is 4.89. The van der Waals surface area contributed by atoms with Crippen molar-refractivity contribution in [1.82, 2.24) is 51.3 Å². The molecule has 2 aromatic rings. The molecular formula is C28H48N10O13S3. The zero-order valence-electron chi connectivity index (χ0n) is 30.5. The summed E-state index contributed by atoms with van der Waals surface area (Å²) >= 11 is 1.40. The van der Waals surface area contributed by atoms with Gasteiger partial charge in [-0.25, -0.2) is 22.5 Å². The van der Waals surface area contributed by atoms with Crippen LogP contribution in [0.2, 0.25) is 0 Å². The van der Waals surface area contributed by atoms with Crippen molar-refractivity contribution < 1.29 is 58.6 Å². The van der Waals surface area contributed by atoms with E-state index in [1.165, 1.54) is 40.4 Å². The second-order valence-corrected chi connectivity index (χ2v) is 15.6. The number of carboxylic acid groups (broad SMARTS) is 1. The van der Waals surface area contributed by atoms with Gasteiger partial charge in [-0.3, -0.25) is 23.5 Å². The Bertz CT molecular complexity index is 1770. The van der Waals surface area contributed by atoms with E-state index in [9.17, 15) is 41.1 Å². The van der Waals surface area contributed by atoms with Gasteiger partial charge in [0.1, 0.15) is 18.1 Å². The first-order valence-corrected chi connectivity index (χ1v) is 20.6. The van der Waals surface area contributed by atoms with Gasteiger partial charge in [0.2, 0.25) is 17.7 Å². The van der Waals surface area contributed by atoms with Crippen LogP contribution in [0.5, 0.6) is 0 Å². The summed E-state index contributed by atoms with van der Waals surface area (Å²) in [5.41, 5.74) is 0.819. The first-order valence-electron chi connectivity index (χ1n) is 16.5. The van der Waals surface area contributed by atoms with Crippen molar-refractivity contribution in [3.8, 4) is 0 Å². The van der Waals surface area contributed by atoms with Crippen LogP contribution < -0.4 is 21.3 Å². The highest BCUT2D eigenvalue weighted by Crippen LogP contribution is 2.20. The smallest absolute Gasteiger partial charge is 0.397 e. The van der Waals surface area contributed by atoms with Gasteiger partial charge in [0, 0.05) is 24.2 Å². The minimum atomic E-state index is -4.66. The molecule has 0 aliphatic carbocycles. The third-order valence-electron chi connectivity index (χ3n) is 8.02. The summed E-state index contributed by atoms with van der Waals surface area (Å²) in [4.78, 5) is 52.3. The SMILES string of the molecule is CN[C@@H](CC(C)c1cn(CCOS(=O)(=O)O)nn1)C(=O)N[C@@H](C)C(=O)N[C@@H](CC(C)c1cn(CCOS(=O)(=O)O)nn1)C(=O)N[C@H](C(=O)O)C(C)CSC. The van der Waals surface area contributed by atoms with Crippen LogP contribution in [0.1, 0.15) is 63.8 Å². The molecule has 26 heteroatoms. The zero-order valence-corrected chi connectivity index (χ0v) is 32.9. The number of aromatic nitrogens is 6. The summed E-state index contributed by atoms with van der Waals surface area (Å²) in [5, 5.41) is 36.3. The molecule has 23 nitrogen and oxygen atoms in total. The first-order chi connectivity index (χ1) is 25.1. The molecule has 2 heterocycles. The Balaban J connectivity index is 2.15. The maximum Gasteiger partial charge on any atom is 0.397 e. The van der Waals surface area contributed by atoms with Crippen LogP contribution in [0.25, 0.3) is 0 Å². The molecule has 0 spiro atoms. The zero-order chi connectivity index (χ0) is 40.8. The molecule has 7 atom stereocenters. The average Bonchev–Trinajstić information content (AvgIpc) is 3.74. The monoisotopic (exact) mass is 828 g/mol. The highest BCUT2D eigenvalue weighted by Gasteiger charge is 2.33. The molecule has 0 aromatic carbocycles. The highest BCUT2D eigenvalue weighted by atomic mass is 32.3. The fraction of sp³-hybridized carbons (Fsp3) is 0.714. The Morgan fingerprint density at radius 3 is 1.67 bits per heavy atom. The van der Waals surface area contributed by atoms with Crippen LogP contribution >= 0.6 is 11.8 Å². The first kappa shape index (κ1) is 46.4. The predicted molar refractivity (Wildman–Crippen MR) is 191 cm³/mol. The Hall–Kier alpha value is -3.79. The molecule has 0 radical (unpaired) electrons. The van der Waals surface area contributed by atoms with Crippen LogP contribution in [0.4, 0.5) is 0 Å². The van der Waals surface area contributed by atoms with E-state index in [2.05, 4.69) is 50.3 Å². The van der Waals surface area contributed by atoms with Gasteiger partial charge in [-0.15, -0.1) is 10.2 Å². The third-order valence-corrected chi connectivity index (χ3v) is 9.81. The Labute approximate surface area is 317 Å². The van der Waals surface area contributed by atoms with E-state index in [4.69, 9.17) is 9.11 Å². The molecule has 2 aromatic heterocycles. The maximum atomic E-state index is 13.6. The van der Waals surface area contributed by atoms with Gasteiger partial charge in [-0.1, -0.05) is 31.2 Å². The minimum Gasteiger partial charge on any atom is -0.480 e. The number of hydrogen-bond donors (Lipinski definition) is 7.